The Balaban J connectivity index is 3.46. The van der Waals surface area contributed by atoms with E-state index in [2.05, 4.69) is 10.7 Å². The third-order valence-corrected chi connectivity index (χ3v) is 1.22. The lowest BCUT2D eigenvalue weighted by Crippen LogP contribution is -2.20. The number of hydrogen-bond donors (Lipinski definition) is 1. The molecule has 0 bridgehead atoms. The summed E-state index contributed by atoms with van der Waals surface area (Å²) in [6.07, 6.45) is 0.539. The Labute approximate surface area is 52.7 Å². The van der Waals surface area contributed by atoms with E-state index in [1.165, 1.54) is 0 Å². The topological polar surface area (TPSA) is 52.3 Å². The van der Waals surface area contributed by atoms with Crippen LogP contribution in [0.3, 0.4) is 0 Å². The van der Waals surface area contributed by atoms with Crippen molar-refractivity contribution in [1.29, 1.82) is 0 Å². The molecule has 2 N–H and O–H groups in total. The van der Waals surface area contributed by atoms with E-state index in [4.69, 9.17) is 11.6 Å². The molecule has 0 rings (SSSR count). The Morgan fingerprint density at radius 3 is 2.62 bits per heavy atom. The molecule has 0 saturated carbocycles. The van der Waals surface area contributed by atoms with Gasteiger partial charge in [0.25, 0.3) is 0 Å². The average molecular weight is 138 g/mol. The summed E-state index contributed by atoms with van der Waals surface area (Å²) >= 11 is 5.36. The maximum atomic E-state index is 10.3. The maximum absolute atomic E-state index is 10.3. The van der Waals surface area contributed by atoms with Crippen LogP contribution in [-0.2, 0) is 9.63 Å². The molecule has 0 aromatic heterocycles. The molecule has 0 aliphatic carbocycles. The van der Waals surface area contributed by atoms with Crippen molar-refractivity contribution in [2.45, 2.75) is 18.7 Å². The molecule has 0 amide bonds. The molecule has 1 unspecified atom stereocenters. The molecule has 4 heteroatoms. The molecular formula is C4H8ClNO2. The van der Waals surface area contributed by atoms with Gasteiger partial charge in [-0.2, -0.15) is 5.90 Å². The summed E-state index contributed by atoms with van der Waals surface area (Å²) in [6.45, 7) is 1.77. The standard InChI is InChI=1S/C4H8ClNO2/c1-2-3(5)4(7)8-6/h3H,2,6H2,1H3. The first kappa shape index (κ1) is 7.72. The lowest BCUT2D eigenvalue weighted by atomic mass is 10.3. The average Bonchev–Trinajstić information content (AvgIpc) is 1.84. The van der Waals surface area contributed by atoms with Crippen LogP contribution in [0.2, 0.25) is 0 Å². The van der Waals surface area contributed by atoms with Crippen molar-refractivity contribution in [2.75, 3.05) is 0 Å². The van der Waals surface area contributed by atoms with E-state index in [1.807, 2.05) is 0 Å². The lowest BCUT2D eigenvalue weighted by molar-refractivity contribution is -0.143. The summed E-state index contributed by atoms with van der Waals surface area (Å²) in [5.74, 6) is 3.94. The van der Waals surface area contributed by atoms with Crippen LogP contribution in [0.5, 0.6) is 0 Å². The molecule has 8 heavy (non-hydrogen) atoms. The summed E-state index contributed by atoms with van der Waals surface area (Å²) in [6, 6.07) is 0. The van der Waals surface area contributed by atoms with Crippen LogP contribution in [-0.4, -0.2) is 11.3 Å². The Morgan fingerprint density at radius 1 is 2.00 bits per heavy atom. The molecule has 3 nitrogen and oxygen atoms in total. The van der Waals surface area contributed by atoms with Crippen molar-refractivity contribution in [3.8, 4) is 0 Å². The minimum atomic E-state index is -0.597. The molecule has 0 spiro atoms. The SMILES string of the molecule is CCC(Cl)C(=O)ON. The van der Waals surface area contributed by atoms with E-state index < -0.39 is 11.3 Å². The van der Waals surface area contributed by atoms with Gasteiger partial charge >= 0.3 is 5.97 Å². The van der Waals surface area contributed by atoms with Gasteiger partial charge in [-0.05, 0) is 6.42 Å². The van der Waals surface area contributed by atoms with Gasteiger partial charge in [0.15, 0.2) is 0 Å². The largest absolute Gasteiger partial charge is 0.372 e. The van der Waals surface area contributed by atoms with Crippen molar-refractivity contribution in [3.63, 3.8) is 0 Å². The van der Waals surface area contributed by atoms with Crippen molar-refractivity contribution >= 4 is 17.6 Å². The molecule has 0 aliphatic heterocycles. The predicted molar refractivity (Wildman–Crippen MR) is 30.2 cm³/mol. The highest BCUT2D eigenvalue weighted by Gasteiger charge is 2.12. The van der Waals surface area contributed by atoms with Crippen LogP contribution in [0.4, 0.5) is 0 Å². The molecule has 0 heterocycles. The molecule has 0 aromatic carbocycles. The first-order chi connectivity index (χ1) is 3.72. The van der Waals surface area contributed by atoms with Gasteiger partial charge in [-0.15, -0.1) is 11.6 Å². The van der Waals surface area contributed by atoms with Crippen molar-refractivity contribution in [3.05, 3.63) is 0 Å². The Morgan fingerprint density at radius 2 is 2.50 bits per heavy atom. The van der Waals surface area contributed by atoms with Gasteiger partial charge in [0.2, 0.25) is 0 Å². The zero-order chi connectivity index (χ0) is 6.57. The monoisotopic (exact) mass is 137 g/mol. The predicted octanol–water partition coefficient (Wildman–Crippen LogP) is 0.421. The molecule has 1 atom stereocenters. The van der Waals surface area contributed by atoms with Gasteiger partial charge in [0.1, 0.15) is 5.38 Å². The Kier molecular flexibility index (Phi) is 3.56. The highest BCUT2D eigenvalue weighted by Crippen LogP contribution is 2.00. The van der Waals surface area contributed by atoms with Gasteiger partial charge < -0.3 is 4.84 Å². The summed E-state index contributed by atoms with van der Waals surface area (Å²) in [5, 5.41) is -0.597. The fourth-order valence-corrected chi connectivity index (χ4v) is 0.292. The van der Waals surface area contributed by atoms with Crippen LogP contribution in [0.1, 0.15) is 13.3 Å². The number of halogens is 1. The molecular weight excluding hydrogens is 130 g/mol. The maximum Gasteiger partial charge on any atom is 0.342 e. The second-order valence-corrected chi connectivity index (χ2v) is 1.84. The first-order valence-corrected chi connectivity index (χ1v) is 2.70. The van der Waals surface area contributed by atoms with Crippen molar-refractivity contribution in [2.24, 2.45) is 5.90 Å². The first-order valence-electron chi connectivity index (χ1n) is 2.27. The fourth-order valence-electron chi connectivity index (χ4n) is 0.240. The zero-order valence-corrected chi connectivity index (χ0v) is 5.31. The fraction of sp³-hybridized carbons (Fsp3) is 0.750. The minimum absolute atomic E-state index is 0.539. The Hall–Kier alpha value is -0.280. The van der Waals surface area contributed by atoms with E-state index >= 15 is 0 Å². The van der Waals surface area contributed by atoms with Gasteiger partial charge in [-0.25, -0.2) is 4.79 Å². The molecule has 0 fully saturated rings. The summed E-state index contributed by atoms with van der Waals surface area (Å²) < 4.78 is 0. The smallest absolute Gasteiger partial charge is 0.342 e. The van der Waals surface area contributed by atoms with E-state index in [9.17, 15) is 4.79 Å². The third-order valence-electron chi connectivity index (χ3n) is 0.730. The zero-order valence-electron chi connectivity index (χ0n) is 4.56. The number of nitrogens with two attached hydrogens (primary N) is 1. The normalized spacial score (nSPS) is 12.9. The highest BCUT2D eigenvalue weighted by atomic mass is 35.5. The quantitative estimate of drug-likeness (QED) is 0.443. The highest BCUT2D eigenvalue weighted by molar-refractivity contribution is 6.29. The van der Waals surface area contributed by atoms with E-state index in [1.54, 1.807) is 6.92 Å². The summed E-state index contributed by atoms with van der Waals surface area (Å²) in [7, 11) is 0. The number of carbonyl (C=O) groups excluding carboxylic acids is 1. The summed E-state index contributed by atoms with van der Waals surface area (Å²) in [5.41, 5.74) is 0. The summed E-state index contributed by atoms with van der Waals surface area (Å²) in [4.78, 5) is 14.1. The van der Waals surface area contributed by atoms with Crippen LogP contribution in [0.25, 0.3) is 0 Å². The molecule has 0 aliphatic rings. The van der Waals surface area contributed by atoms with Gasteiger partial charge in [0, 0.05) is 0 Å². The van der Waals surface area contributed by atoms with Crippen LogP contribution < -0.4 is 5.90 Å². The van der Waals surface area contributed by atoms with E-state index in [-0.39, 0.29) is 0 Å². The van der Waals surface area contributed by atoms with Crippen LogP contribution >= 0.6 is 11.6 Å². The number of rotatable bonds is 2. The number of alkyl halides is 1. The third kappa shape index (κ3) is 2.14. The molecule has 0 saturated heterocycles. The van der Waals surface area contributed by atoms with E-state index in [0.29, 0.717) is 6.42 Å². The van der Waals surface area contributed by atoms with Crippen LogP contribution in [0, 0.1) is 0 Å². The van der Waals surface area contributed by atoms with Gasteiger partial charge in [-0.3, -0.25) is 0 Å². The van der Waals surface area contributed by atoms with Crippen molar-refractivity contribution < 1.29 is 9.63 Å². The Bertz CT molecular complexity index is 86.1. The van der Waals surface area contributed by atoms with Crippen molar-refractivity contribution in [1.82, 2.24) is 0 Å². The lowest BCUT2D eigenvalue weighted by Gasteiger charge is -1.99. The minimum Gasteiger partial charge on any atom is -0.372 e. The second-order valence-electron chi connectivity index (χ2n) is 1.31. The van der Waals surface area contributed by atoms with Gasteiger partial charge in [-0.1, -0.05) is 6.92 Å². The number of carbonyl (C=O) groups is 1. The molecule has 48 valence electrons. The van der Waals surface area contributed by atoms with Gasteiger partial charge in [0.05, 0.1) is 0 Å². The van der Waals surface area contributed by atoms with Crippen LogP contribution in [0.15, 0.2) is 0 Å². The molecule has 0 radical (unpaired) electrons. The number of hydrogen-bond acceptors (Lipinski definition) is 3. The second kappa shape index (κ2) is 3.69. The molecule has 0 aromatic rings. The van der Waals surface area contributed by atoms with E-state index in [0.717, 1.165) is 0 Å².